The van der Waals surface area contributed by atoms with E-state index in [-0.39, 0.29) is 0 Å². The van der Waals surface area contributed by atoms with Crippen molar-refractivity contribution in [1.82, 2.24) is 0 Å². The van der Waals surface area contributed by atoms with Crippen LogP contribution in [0.15, 0.2) is 11.3 Å². The van der Waals surface area contributed by atoms with Crippen molar-refractivity contribution in [1.29, 1.82) is 0 Å². The lowest BCUT2D eigenvalue weighted by Gasteiger charge is -2.24. The fraction of sp³-hybridized carbons (Fsp3) is 0.833. The van der Waals surface area contributed by atoms with Crippen LogP contribution in [0.4, 0.5) is 0 Å². The molecule has 1 aliphatic carbocycles. The lowest BCUT2D eigenvalue weighted by molar-refractivity contribution is 0.310. The molecule has 0 aliphatic heterocycles. The molecule has 0 aromatic heterocycles. The van der Waals surface area contributed by atoms with Crippen molar-refractivity contribution in [3.8, 4) is 0 Å². The molecule has 1 atom stereocenters. The monoisotopic (exact) mass is 182 g/mol. The molecule has 1 heteroatoms. The van der Waals surface area contributed by atoms with Crippen LogP contribution in [-0.2, 0) is 0 Å². The lowest BCUT2D eigenvalue weighted by atomic mass is 9.83. The van der Waals surface area contributed by atoms with Gasteiger partial charge < -0.3 is 5.11 Å². The minimum atomic E-state index is 0.703. The van der Waals surface area contributed by atoms with E-state index in [4.69, 9.17) is 0 Å². The largest absolute Gasteiger partial charge is 0.512 e. The summed E-state index contributed by atoms with van der Waals surface area (Å²) in [5.74, 6) is 1.55. The smallest absolute Gasteiger partial charge is 0.0914 e. The van der Waals surface area contributed by atoms with Gasteiger partial charge in [-0.1, -0.05) is 33.1 Å². The van der Waals surface area contributed by atoms with Crippen molar-refractivity contribution in [2.45, 2.75) is 58.8 Å². The predicted molar refractivity (Wildman–Crippen MR) is 56.8 cm³/mol. The van der Waals surface area contributed by atoms with Crippen LogP contribution in [0.25, 0.3) is 0 Å². The van der Waals surface area contributed by atoms with Gasteiger partial charge in [0, 0.05) is 6.42 Å². The first-order valence-electron chi connectivity index (χ1n) is 5.67. The summed E-state index contributed by atoms with van der Waals surface area (Å²) in [5.41, 5.74) is 1.34. The number of hydrogen-bond acceptors (Lipinski definition) is 1. The molecule has 1 unspecified atom stereocenters. The summed E-state index contributed by atoms with van der Waals surface area (Å²) >= 11 is 0. The maximum absolute atomic E-state index is 9.67. The molecule has 1 N–H and O–H groups in total. The highest BCUT2D eigenvalue weighted by atomic mass is 16.3. The van der Waals surface area contributed by atoms with Crippen LogP contribution >= 0.6 is 0 Å². The van der Waals surface area contributed by atoms with E-state index in [0.29, 0.717) is 5.76 Å². The molecule has 1 rings (SSSR count). The van der Waals surface area contributed by atoms with E-state index in [0.717, 1.165) is 31.6 Å². The second kappa shape index (κ2) is 5.31. The van der Waals surface area contributed by atoms with Crippen LogP contribution in [-0.4, -0.2) is 5.11 Å². The summed E-state index contributed by atoms with van der Waals surface area (Å²) in [6.45, 7) is 4.43. The normalized spacial score (nSPS) is 23.7. The Morgan fingerprint density at radius 3 is 2.69 bits per heavy atom. The molecule has 0 heterocycles. The van der Waals surface area contributed by atoms with Gasteiger partial charge in [-0.15, -0.1) is 0 Å². The van der Waals surface area contributed by atoms with Gasteiger partial charge in [-0.3, -0.25) is 0 Å². The minimum Gasteiger partial charge on any atom is -0.512 e. The quantitative estimate of drug-likeness (QED) is 0.691. The minimum absolute atomic E-state index is 0.703. The molecule has 1 aliphatic rings. The fourth-order valence-corrected chi connectivity index (χ4v) is 2.29. The molecule has 0 amide bonds. The van der Waals surface area contributed by atoms with Crippen LogP contribution in [0.1, 0.15) is 58.8 Å². The first-order chi connectivity index (χ1) is 6.27. The predicted octanol–water partition coefficient (Wildman–Crippen LogP) is 4.20. The van der Waals surface area contributed by atoms with E-state index in [1.807, 2.05) is 0 Å². The van der Waals surface area contributed by atoms with Gasteiger partial charge in [0.15, 0.2) is 0 Å². The van der Waals surface area contributed by atoms with Gasteiger partial charge >= 0.3 is 0 Å². The Kier molecular flexibility index (Phi) is 4.34. The Morgan fingerprint density at radius 2 is 2.08 bits per heavy atom. The van der Waals surface area contributed by atoms with Crippen molar-refractivity contribution >= 4 is 0 Å². The first-order valence-corrected chi connectivity index (χ1v) is 5.67. The van der Waals surface area contributed by atoms with Crippen LogP contribution in [0.2, 0.25) is 0 Å². The molecule has 0 radical (unpaired) electrons. The zero-order valence-corrected chi connectivity index (χ0v) is 8.97. The highest BCUT2D eigenvalue weighted by molar-refractivity contribution is 5.11. The highest BCUT2D eigenvalue weighted by Gasteiger charge is 2.19. The van der Waals surface area contributed by atoms with Crippen LogP contribution in [0.3, 0.4) is 0 Å². The average molecular weight is 182 g/mol. The number of aliphatic hydroxyl groups excluding tert-OH is 1. The van der Waals surface area contributed by atoms with Crippen molar-refractivity contribution in [2.75, 3.05) is 0 Å². The molecule has 0 spiro atoms. The maximum atomic E-state index is 9.67. The van der Waals surface area contributed by atoms with Crippen molar-refractivity contribution in [3.63, 3.8) is 0 Å². The van der Waals surface area contributed by atoms with E-state index in [9.17, 15) is 5.11 Å². The molecule has 1 nitrogen and oxygen atoms in total. The van der Waals surface area contributed by atoms with E-state index >= 15 is 0 Å². The van der Waals surface area contributed by atoms with E-state index in [1.54, 1.807) is 0 Å². The number of allylic oxidation sites excluding steroid dienone is 2. The van der Waals surface area contributed by atoms with Gasteiger partial charge in [-0.2, -0.15) is 0 Å². The third-order valence-corrected chi connectivity index (χ3v) is 2.98. The molecule has 0 fully saturated rings. The molecular formula is C12H22O. The molecule has 0 aromatic carbocycles. The summed E-state index contributed by atoms with van der Waals surface area (Å²) in [6, 6.07) is 0. The Hall–Kier alpha value is -0.460. The maximum Gasteiger partial charge on any atom is 0.0914 e. The molecule has 76 valence electrons. The standard InChI is InChI=1S/C12H22O/c1-3-5-10-7-8-12(13)11(9-10)6-4-2/h10,13H,3-9H2,1-2H3. The highest BCUT2D eigenvalue weighted by Crippen LogP contribution is 2.32. The van der Waals surface area contributed by atoms with Gasteiger partial charge in [-0.05, 0) is 30.8 Å². The third-order valence-electron chi connectivity index (χ3n) is 2.98. The van der Waals surface area contributed by atoms with E-state index < -0.39 is 0 Å². The van der Waals surface area contributed by atoms with Gasteiger partial charge in [0.05, 0.1) is 5.76 Å². The zero-order chi connectivity index (χ0) is 9.68. The first kappa shape index (κ1) is 10.6. The van der Waals surface area contributed by atoms with Gasteiger partial charge in [0.25, 0.3) is 0 Å². The summed E-state index contributed by atoms with van der Waals surface area (Å²) in [7, 11) is 0. The summed E-state index contributed by atoms with van der Waals surface area (Å²) in [6.07, 6.45) is 8.18. The number of aliphatic hydroxyl groups is 1. The van der Waals surface area contributed by atoms with E-state index in [1.165, 1.54) is 24.8 Å². The number of hydrogen-bond donors (Lipinski definition) is 1. The van der Waals surface area contributed by atoms with Crippen LogP contribution in [0.5, 0.6) is 0 Å². The molecule has 0 saturated carbocycles. The lowest BCUT2D eigenvalue weighted by Crippen LogP contribution is -2.10. The van der Waals surface area contributed by atoms with Crippen LogP contribution in [0, 0.1) is 5.92 Å². The van der Waals surface area contributed by atoms with Crippen LogP contribution < -0.4 is 0 Å². The summed E-state index contributed by atoms with van der Waals surface area (Å²) in [5, 5.41) is 9.67. The fourth-order valence-electron chi connectivity index (χ4n) is 2.29. The Labute approximate surface area is 81.9 Å². The molecule has 13 heavy (non-hydrogen) atoms. The third kappa shape index (κ3) is 3.06. The number of rotatable bonds is 4. The average Bonchev–Trinajstić information content (AvgIpc) is 2.12. The molecule has 0 bridgehead atoms. The van der Waals surface area contributed by atoms with Gasteiger partial charge in [0.2, 0.25) is 0 Å². The second-order valence-electron chi connectivity index (χ2n) is 4.20. The molecule has 0 aromatic rings. The Balaban J connectivity index is 2.48. The molecular weight excluding hydrogens is 160 g/mol. The molecule has 0 saturated heterocycles. The van der Waals surface area contributed by atoms with Crippen molar-refractivity contribution in [3.05, 3.63) is 11.3 Å². The Bertz CT molecular complexity index is 182. The van der Waals surface area contributed by atoms with Crippen molar-refractivity contribution in [2.24, 2.45) is 5.92 Å². The zero-order valence-electron chi connectivity index (χ0n) is 8.97. The summed E-state index contributed by atoms with van der Waals surface area (Å²) in [4.78, 5) is 0. The van der Waals surface area contributed by atoms with Crippen molar-refractivity contribution < 1.29 is 5.11 Å². The summed E-state index contributed by atoms with van der Waals surface area (Å²) < 4.78 is 0. The SMILES string of the molecule is CCCC1=C(O)CCC(CCC)C1. The topological polar surface area (TPSA) is 20.2 Å². The Morgan fingerprint density at radius 1 is 1.31 bits per heavy atom. The van der Waals surface area contributed by atoms with Gasteiger partial charge in [0.1, 0.15) is 0 Å². The second-order valence-corrected chi connectivity index (χ2v) is 4.20. The van der Waals surface area contributed by atoms with Gasteiger partial charge in [-0.25, -0.2) is 0 Å². The van der Waals surface area contributed by atoms with E-state index in [2.05, 4.69) is 13.8 Å².